The number of nitrogens with one attached hydrogen (secondary N) is 3. The number of carbonyl (C=O) groups excluding carboxylic acids is 2. The molecule has 0 saturated heterocycles. The van der Waals surface area contributed by atoms with E-state index in [1.807, 2.05) is 24.3 Å². The van der Waals surface area contributed by atoms with E-state index in [1.165, 1.54) is 0 Å². The minimum Gasteiger partial charge on any atom is -0.357 e. The molecule has 3 N–H and O–H groups in total. The van der Waals surface area contributed by atoms with Crippen LogP contribution in [0.15, 0.2) is 60.9 Å². The molecule has 0 atom stereocenters. The van der Waals surface area contributed by atoms with Crippen LogP contribution in [0.2, 0.25) is 0 Å². The van der Waals surface area contributed by atoms with Gasteiger partial charge in [-0.3, -0.25) is 20.4 Å². The van der Waals surface area contributed by atoms with Crippen LogP contribution in [0.4, 0.5) is 0 Å². The van der Waals surface area contributed by atoms with Crippen LogP contribution >= 0.6 is 22.6 Å². The minimum atomic E-state index is -0.407. The summed E-state index contributed by atoms with van der Waals surface area (Å²) in [5.74, 6) is -0.801. The molecule has 0 fully saturated rings. The Morgan fingerprint density at radius 2 is 1.83 bits per heavy atom. The number of hydrazine groups is 1. The lowest BCUT2D eigenvalue weighted by Gasteiger charge is -2.10. The first-order valence-electron chi connectivity index (χ1n) is 6.82. The van der Waals surface area contributed by atoms with Crippen molar-refractivity contribution >= 4 is 34.4 Å². The van der Waals surface area contributed by atoms with E-state index in [4.69, 9.17) is 0 Å². The molecule has 6 nitrogen and oxygen atoms in total. The van der Waals surface area contributed by atoms with E-state index in [-0.39, 0.29) is 0 Å². The first-order valence-corrected chi connectivity index (χ1v) is 7.90. The average Bonchev–Trinajstić information content (AvgIpc) is 3.23. The van der Waals surface area contributed by atoms with Crippen LogP contribution in [0.25, 0.3) is 5.69 Å². The molecule has 2 aromatic heterocycles. The lowest BCUT2D eigenvalue weighted by atomic mass is 10.3. The number of amides is 2. The van der Waals surface area contributed by atoms with Gasteiger partial charge in [0, 0.05) is 21.7 Å². The average molecular weight is 420 g/mol. The van der Waals surface area contributed by atoms with Gasteiger partial charge in [0.15, 0.2) is 0 Å². The van der Waals surface area contributed by atoms with Crippen molar-refractivity contribution in [2.75, 3.05) is 0 Å². The summed E-state index contributed by atoms with van der Waals surface area (Å²) >= 11 is 2.22. The van der Waals surface area contributed by atoms with Gasteiger partial charge in [-0.05, 0) is 65.1 Å². The number of rotatable bonds is 3. The van der Waals surface area contributed by atoms with Gasteiger partial charge in [-0.1, -0.05) is 6.07 Å². The molecule has 0 aliphatic rings. The zero-order valence-electron chi connectivity index (χ0n) is 11.9. The molecular weight excluding hydrogens is 407 g/mol. The van der Waals surface area contributed by atoms with Crippen LogP contribution in [0.5, 0.6) is 0 Å². The fourth-order valence-corrected chi connectivity index (χ4v) is 2.66. The summed E-state index contributed by atoms with van der Waals surface area (Å²) in [6.45, 7) is 0. The highest BCUT2D eigenvalue weighted by atomic mass is 127. The molecule has 0 aliphatic heterocycles. The van der Waals surface area contributed by atoms with Gasteiger partial charge in [0.2, 0.25) is 0 Å². The molecule has 0 bridgehead atoms. The van der Waals surface area contributed by atoms with Gasteiger partial charge in [-0.15, -0.1) is 0 Å². The van der Waals surface area contributed by atoms with Crippen molar-refractivity contribution in [3.63, 3.8) is 0 Å². The van der Waals surface area contributed by atoms with E-state index in [0.29, 0.717) is 11.4 Å². The number of aromatic amines is 1. The molecule has 2 heterocycles. The highest BCUT2D eigenvalue weighted by molar-refractivity contribution is 14.1. The molecule has 2 amide bonds. The van der Waals surface area contributed by atoms with E-state index in [1.54, 1.807) is 41.2 Å². The third kappa shape index (κ3) is 3.45. The number of H-pyrrole nitrogens is 1. The number of hydrogen-bond donors (Lipinski definition) is 3. The van der Waals surface area contributed by atoms with Gasteiger partial charge < -0.3 is 9.55 Å². The van der Waals surface area contributed by atoms with Crippen LogP contribution < -0.4 is 10.9 Å². The SMILES string of the molecule is O=C(NNC(=O)c1cccn1-c1cccc(I)c1)c1ccc[nH]1. The summed E-state index contributed by atoms with van der Waals surface area (Å²) in [7, 11) is 0. The molecule has 0 aliphatic carbocycles. The maximum absolute atomic E-state index is 12.3. The normalized spacial score (nSPS) is 10.3. The summed E-state index contributed by atoms with van der Waals surface area (Å²) in [6.07, 6.45) is 3.44. The zero-order chi connectivity index (χ0) is 16.2. The van der Waals surface area contributed by atoms with Crippen molar-refractivity contribution in [3.05, 3.63) is 75.9 Å². The van der Waals surface area contributed by atoms with Gasteiger partial charge in [0.1, 0.15) is 11.4 Å². The van der Waals surface area contributed by atoms with Gasteiger partial charge in [-0.25, -0.2) is 0 Å². The first kappa shape index (κ1) is 15.3. The van der Waals surface area contributed by atoms with Crippen LogP contribution in [0, 0.1) is 3.57 Å². The molecule has 0 unspecified atom stereocenters. The maximum Gasteiger partial charge on any atom is 0.286 e. The standard InChI is InChI=1S/C16H13IN4O2/c17-11-4-1-5-12(10-11)21-9-3-7-14(21)16(23)20-19-15(22)13-6-2-8-18-13/h1-10,18H,(H,19,22)(H,20,23). The van der Waals surface area contributed by atoms with Crippen molar-refractivity contribution in [3.8, 4) is 5.69 Å². The molecule has 0 saturated carbocycles. The van der Waals surface area contributed by atoms with E-state index in [2.05, 4.69) is 38.4 Å². The van der Waals surface area contributed by atoms with E-state index >= 15 is 0 Å². The number of aromatic nitrogens is 2. The topological polar surface area (TPSA) is 78.9 Å². The van der Waals surface area contributed by atoms with Gasteiger partial charge >= 0.3 is 0 Å². The highest BCUT2D eigenvalue weighted by Crippen LogP contribution is 2.15. The number of hydrogen-bond acceptors (Lipinski definition) is 2. The van der Waals surface area contributed by atoms with Crippen LogP contribution in [0.1, 0.15) is 21.0 Å². The van der Waals surface area contributed by atoms with Gasteiger partial charge in [0.05, 0.1) is 0 Å². The van der Waals surface area contributed by atoms with Crippen LogP contribution in [-0.2, 0) is 0 Å². The second-order valence-corrected chi connectivity index (χ2v) is 5.98. The smallest absolute Gasteiger partial charge is 0.286 e. The predicted octanol–water partition coefficient (Wildman–Crippen LogP) is 2.48. The predicted molar refractivity (Wildman–Crippen MR) is 94.2 cm³/mol. The molecule has 23 heavy (non-hydrogen) atoms. The summed E-state index contributed by atoms with van der Waals surface area (Å²) < 4.78 is 2.83. The molecule has 0 spiro atoms. The van der Waals surface area contributed by atoms with Crippen LogP contribution in [0.3, 0.4) is 0 Å². The van der Waals surface area contributed by atoms with Crippen molar-refractivity contribution in [2.24, 2.45) is 0 Å². The van der Waals surface area contributed by atoms with E-state index in [0.717, 1.165) is 9.26 Å². The Kier molecular flexibility index (Phi) is 4.47. The number of carbonyl (C=O) groups is 2. The third-order valence-electron chi connectivity index (χ3n) is 3.20. The molecule has 116 valence electrons. The van der Waals surface area contributed by atoms with E-state index < -0.39 is 11.8 Å². The lowest BCUT2D eigenvalue weighted by Crippen LogP contribution is -2.42. The molecule has 0 radical (unpaired) electrons. The minimum absolute atomic E-state index is 0.373. The zero-order valence-corrected chi connectivity index (χ0v) is 14.1. The Bertz CT molecular complexity index is 839. The Morgan fingerprint density at radius 3 is 2.57 bits per heavy atom. The van der Waals surface area contributed by atoms with Crippen molar-refractivity contribution in [1.82, 2.24) is 20.4 Å². The fraction of sp³-hybridized carbons (Fsp3) is 0. The summed E-state index contributed by atoms with van der Waals surface area (Å²) in [5, 5.41) is 0. The van der Waals surface area contributed by atoms with Gasteiger partial charge in [0.25, 0.3) is 11.8 Å². The second-order valence-electron chi connectivity index (χ2n) is 4.74. The maximum atomic E-state index is 12.3. The first-order chi connectivity index (χ1) is 11.1. The Morgan fingerprint density at radius 1 is 1.00 bits per heavy atom. The Labute approximate surface area is 146 Å². The Hall–Kier alpha value is -2.55. The van der Waals surface area contributed by atoms with Crippen LogP contribution in [-0.4, -0.2) is 21.4 Å². The van der Waals surface area contributed by atoms with E-state index in [9.17, 15) is 9.59 Å². The summed E-state index contributed by atoms with van der Waals surface area (Å²) in [5.41, 5.74) is 6.48. The number of nitrogens with zero attached hydrogens (tertiary/aromatic N) is 1. The quantitative estimate of drug-likeness (QED) is 0.450. The van der Waals surface area contributed by atoms with Gasteiger partial charge in [-0.2, -0.15) is 0 Å². The van der Waals surface area contributed by atoms with Crippen molar-refractivity contribution in [1.29, 1.82) is 0 Å². The third-order valence-corrected chi connectivity index (χ3v) is 3.87. The molecular formula is C16H13IN4O2. The number of benzene rings is 1. The summed E-state index contributed by atoms with van der Waals surface area (Å²) in [4.78, 5) is 26.9. The largest absolute Gasteiger partial charge is 0.357 e. The summed E-state index contributed by atoms with van der Waals surface area (Å²) in [6, 6.07) is 14.6. The molecule has 3 rings (SSSR count). The highest BCUT2D eigenvalue weighted by Gasteiger charge is 2.13. The lowest BCUT2D eigenvalue weighted by molar-refractivity contribution is 0.0840. The second kappa shape index (κ2) is 6.69. The van der Waals surface area contributed by atoms with Crippen molar-refractivity contribution in [2.45, 2.75) is 0 Å². The molecule has 7 heteroatoms. The fourth-order valence-electron chi connectivity index (χ4n) is 2.13. The molecule has 3 aromatic rings. The number of halogens is 1. The monoisotopic (exact) mass is 420 g/mol. The Balaban J connectivity index is 1.74. The molecule has 1 aromatic carbocycles. The van der Waals surface area contributed by atoms with Crippen molar-refractivity contribution < 1.29 is 9.59 Å².